The zero-order chi connectivity index (χ0) is 19.8. The lowest BCUT2D eigenvalue weighted by molar-refractivity contribution is -0.121. The average Bonchev–Trinajstić information content (AvgIpc) is 3.01. The Balaban J connectivity index is 1.96. The summed E-state index contributed by atoms with van der Waals surface area (Å²) in [5.74, 6) is -0.462. The molecule has 0 radical (unpaired) electrons. The molecule has 10 heteroatoms. The molecule has 1 saturated heterocycles. The van der Waals surface area contributed by atoms with Crippen LogP contribution in [-0.4, -0.2) is 36.9 Å². The lowest BCUT2D eigenvalue weighted by atomic mass is 10.2. The van der Waals surface area contributed by atoms with Crippen LogP contribution in [0.5, 0.6) is 0 Å². The molecule has 2 amide bonds. The quantitative estimate of drug-likeness (QED) is 0.464. The Morgan fingerprint density at radius 2 is 2.30 bits per heavy atom. The maximum absolute atomic E-state index is 14.3. The standard InChI is InChI=1S/C17H21FN4O4S/c1-3-4-16(23)19-8-13-9-22(17(24)26-13)12-5-6-15(14(18)7-12)20-11(2)10-27-21-25/h5-7,13,20H,2-4,8-10H2,1H3,(H,19,23)/t13-/m0/s1. The predicted molar refractivity (Wildman–Crippen MR) is 103 cm³/mol. The molecule has 0 aromatic heterocycles. The van der Waals surface area contributed by atoms with Crippen molar-refractivity contribution >= 4 is 35.3 Å². The van der Waals surface area contributed by atoms with Crippen LogP contribution in [0.1, 0.15) is 19.8 Å². The summed E-state index contributed by atoms with van der Waals surface area (Å²) in [7, 11) is 0. The first-order valence-electron chi connectivity index (χ1n) is 8.38. The fourth-order valence-electron chi connectivity index (χ4n) is 2.49. The third-order valence-corrected chi connectivity index (χ3v) is 4.33. The zero-order valence-electron chi connectivity index (χ0n) is 14.9. The molecule has 2 rings (SSSR count). The summed E-state index contributed by atoms with van der Waals surface area (Å²) in [6, 6.07) is 4.25. The number of rotatable bonds is 10. The van der Waals surface area contributed by atoms with Crippen molar-refractivity contribution in [3.8, 4) is 0 Å². The van der Waals surface area contributed by atoms with Crippen LogP contribution < -0.4 is 15.5 Å². The fourth-order valence-corrected chi connectivity index (χ4v) is 2.77. The second-order valence-corrected chi connectivity index (χ2v) is 6.61. The van der Waals surface area contributed by atoms with Gasteiger partial charge in [0.15, 0.2) is 0 Å². The Labute approximate surface area is 160 Å². The molecule has 2 N–H and O–H groups in total. The Bertz CT molecular complexity index is 731. The van der Waals surface area contributed by atoms with Crippen LogP contribution in [0.4, 0.5) is 20.6 Å². The molecule has 1 aliphatic rings. The number of cyclic esters (lactones) is 1. The van der Waals surface area contributed by atoms with E-state index >= 15 is 0 Å². The van der Waals surface area contributed by atoms with Gasteiger partial charge < -0.3 is 15.4 Å². The van der Waals surface area contributed by atoms with Crippen molar-refractivity contribution in [2.24, 2.45) is 4.58 Å². The van der Waals surface area contributed by atoms with E-state index in [1.54, 1.807) is 6.07 Å². The van der Waals surface area contributed by atoms with E-state index in [1.165, 1.54) is 17.0 Å². The number of nitroso groups, excluding NO2 is 1. The van der Waals surface area contributed by atoms with Crippen LogP contribution in [0.3, 0.4) is 0 Å². The lowest BCUT2D eigenvalue weighted by Gasteiger charge is -2.15. The molecule has 1 heterocycles. The molecule has 1 aromatic rings. The second-order valence-electron chi connectivity index (χ2n) is 5.91. The van der Waals surface area contributed by atoms with Gasteiger partial charge in [0.1, 0.15) is 11.9 Å². The molecular weight excluding hydrogens is 375 g/mol. The van der Waals surface area contributed by atoms with Gasteiger partial charge in [-0.2, -0.15) is 0 Å². The Kier molecular flexibility index (Phi) is 7.59. The number of anilines is 2. The summed E-state index contributed by atoms with van der Waals surface area (Å²) in [4.78, 5) is 35.0. The van der Waals surface area contributed by atoms with Gasteiger partial charge in [0.25, 0.3) is 0 Å². The van der Waals surface area contributed by atoms with E-state index in [1.807, 2.05) is 6.92 Å². The topological polar surface area (TPSA) is 100 Å². The van der Waals surface area contributed by atoms with Gasteiger partial charge in [-0.05, 0) is 24.6 Å². The van der Waals surface area contributed by atoms with Crippen molar-refractivity contribution in [2.45, 2.75) is 25.9 Å². The molecule has 0 bridgehead atoms. The molecular formula is C17H21FN4O4S. The van der Waals surface area contributed by atoms with E-state index in [0.29, 0.717) is 17.8 Å². The van der Waals surface area contributed by atoms with Crippen molar-refractivity contribution < 1.29 is 18.7 Å². The molecule has 1 aliphatic heterocycles. The number of carbonyl (C=O) groups is 2. The van der Waals surface area contributed by atoms with Gasteiger partial charge in [-0.25, -0.2) is 9.18 Å². The Morgan fingerprint density at radius 1 is 1.52 bits per heavy atom. The van der Waals surface area contributed by atoms with Gasteiger partial charge in [-0.3, -0.25) is 9.69 Å². The highest BCUT2D eigenvalue weighted by Gasteiger charge is 2.32. The van der Waals surface area contributed by atoms with Gasteiger partial charge in [0, 0.05) is 28.6 Å². The number of hydrogen-bond acceptors (Lipinski definition) is 7. The van der Waals surface area contributed by atoms with Gasteiger partial charge in [-0.15, -0.1) is 4.91 Å². The smallest absolute Gasteiger partial charge is 0.414 e. The van der Waals surface area contributed by atoms with E-state index in [0.717, 1.165) is 18.4 Å². The summed E-state index contributed by atoms with van der Waals surface area (Å²) in [6.45, 7) is 6.01. The SMILES string of the molecule is C=C(CSN=O)Nc1ccc(N2C[C@H](CNC(=O)CCC)OC2=O)cc1F. The minimum absolute atomic E-state index is 0.100. The molecule has 1 atom stereocenters. The molecule has 8 nitrogen and oxygen atoms in total. The molecule has 0 spiro atoms. The maximum atomic E-state index is 14.3. The number of nitrogens with zero attached hydrogens (tertiary/aromatic N) is 2. The number of carbonyl (C=O) groups excluding carboxylic acids is 2. The highest BCUT2D eigenvalue weighted by atomic mass is 32.2. The van der Waals surface area contributed by atoms with Gasteiger partial charge >= 0.3 is 6.09 Å². The van der Waals surface area contributed by atoms with E-state index in [9.17, 15) is 18.9 Å². The van der Waals surface area contributed by atoms with Crippen LogP contribution in [-0.2, 0) is 9.53 Å². The first-order valence-corrected chi connectivity index (χ1v) is 9.32. The summed E-state index contributed by atoms with van der Waals surface area (Å²) < 4.78 is 22.2. The number of hydrogen-bond donors (Lipinski definition) is 2. The zero-order valence-corrected chi connectivity index (χ0v) is 15.7. The predicted octanol–water partition coefficient (Wildman–Crippen LogP) is 3.41. The van der Waals surface area contributed by atoms with Crippen molar-refractivity contribution in [1.82, 2.24) is 5.32 Å². The third-order valence-electron chi connectivity index (χ3n) is 3.75. The normalized spacial score (nSPS) is 16.0. The minimum atomic E-state index is -0.595. The van der Waals surface area contributed by atoms with Gasteiger partial charge in [0.05, 0.1) is 30.2 Å². The lowest BCUT2D eigenvalue weighted by Crippen LogP contribution is -2.34. The van der Waals surface area contributed by atoms with E-state index in [4.69, 9.17) is 4.74 Å². The summed E-state index contributed by atoms with van der Waals surface area (Å²) in [5, 5.41) is 5.46. The second kappa shape index (κ2) is 9.91. The number of nitrogens with one attached hydrogen (secondary N) is 2. The number of benzene rings is 1. The van der Waals surface area contributed by atoms with Gasteiger partial charge in [-0.1, -0.05) is 13.5 Å². The van der Waals surface area contributed by atoms with Crippen LogP contribution in [0, 0.1) is 10.7 Å². The fraction of sp³-hybridized carbons (Fsp3) is 0.412. The first-order chi connectivity index (χ1) is 12.9. The summed E-state index contributed by atoms with van der Waals surface area (Å²) in [5.41, 5.74) is 0.945. The maximum Gasteiger partial charge on any atom is 0.414 e. The largest absolute Gasteiger partial charge is 0.442 e. The molecule has 1 aromatic carbocycles. The van der Waals surface area contributed by atoms with Gasteiger partial charge in [0.2, 0.25) is 5.91 Å². The van der Waals surface area contributed by atoms with E-state index in [-0.39, 0.29) is 30.4 Å². The minimum Gasteiger partial charge on any atom is -0.442 e. The number of halogens is 1. The molecule has 0 aliphatic carbocycles. The molecule has 27 heavy (non-hydrogen) atoms. The average molecular weight is 396 g/mol. The molecule has 1 fully saturated rings. The van der Waals surface area contributed by atoms with Crippen molar-refractivity contribution in [3.63, 3.8) is 0 Å². The summed E-state index contributed by atoms with van der Waals surface area (Å²) in [6.07, 6.45) is 0.0600. The molecule has 0 unspecified atom stereocenters. The number of ether oxygens (including phenoxy) is 1. The molecule has 0 saturated carbocycles. The Hall–Kier alpha value is -2.62. The van der Waals surface area contributed by atoms with Crippen molar-refractivity contribution in [1.29, 1.82) is 0 Å². The van der Waals surface area contributed by atoms with E-state index in [2.05, 4.69) is 21.8 Å². The Morgan fingerprint density at radius 3 is 2.96 bits per heavy atom. The summed E-state index contributed by atoms with van der Waals surface area (Å²) >= 11 is 0.761. The van der Waals surface area contributed by atoms with Crippen LogP contribution in [0.25, 0.3) is 0 Å². The van der Waals surface area contributed by atoms with Crippen molar-refractivity contribution in [3.05, 3.63) is 41.2 Å². The highest BCUT2D eigenvalue weighted by Crippen LogP contribution is 2.26. The van der Waals surface area contributed by atoms with Crippen LogP contribution in [0.2, 0.25) is 0 Å². The monoisotopic (exact) mass is 396 g/mol. The van der Waals surface area contributed by atoms with Crippen LogP contribution in [0.15, 0.2) is 35.1 Å². The molecule has 146 valence electrons. The van der Waals surface area contributed by atoms with E-state index < -0.39 is 18.0 Å². The number of amides is 2. The van der Waals surface area contributed by atoms with Crippen LogP contribution >= 0.6 is 11.9 Å². The highest BCUT2D eigenvalue weighted by molar-refractivity contribution is 7.98. The third kappa shape index (κ3) is 5.95. The van der Waals surface area contributed by atoms with Crippen molar-refractivity contribution in [2.75, 3.05) is 29.1 Å². The first kappa shape index (κ1) is 20.7.